The van der Waals surface area contributed by atoms with Gasteiger partial charge in [0, 0.05) is 17.3 Å². The topological polar surface area (TPSA) is 50.4 Å². The molecule has 0 aromatic heterocycles. The number of carbonyl (C=O) groups excluding carboxylic acids is 1. The number of fused-ring (bicyclic) bond motifs is 1. The van der Waals surface area contributed by atoms with Gasteiger partial charge in [0.15, 0.2) is 0 Å². The van der Waals surface area contributed by atoms with E-state index in [1.165, 1.54) is 0 Å². The molecule has 0 radical (unpaired) electrons. The predicted octanol–water partition coefficient (Wildman–Crippen LogP) is 0.695. The average molecular weight is 286 g/mol. The maximum absolute atomic E-state index is 11.8. The summed E-state index contributed by atoms with van der Waals surface area (Å²) >= 11 is 0. The molecule has 1 aliphatic heterocycles. The lowest BCUT2D eigenvalue weighted by atomic mass is 10.1. The van der Waals surface area contributed by atoms with Crippen LogP contribution in [0.3, 0.4) is 0 Å². The van der Waals surface area contributed by atoms with Crippen molar-refractivity contribution in [2.75, 3.05) is 6.61 Å². The Labute approximate surface area is 124 Å². The van der Waals surface area contributed by atoms with Gasteiger partial charge in [0.05, 0.1) is 6.61 Å². The smallest absolute Gasteiger partial charge is 0.224 e. The molecule has 3 rings (SSSR count). The molecule has 1 aromatic rings. The number of rotatable bonds is 5. The van der Waals surface area contributed by atoms with Crippen LogP contribution in [0, 0.1) is 11.8 Å². The normalized spacial score (nSPS) is 19.9. The second kappa shape index (κ2) is 5.80. The van der Waals surface area contributed by atoms with Gasteiger partial charge in [0.25, 0.3) is 0 Å². The van der Waals surface area contributed by atoms with Crippen molar-refractivity contribution in [2.24, 2.45) is 11.8 Å². The van der Waals surface area contributed by atoms with E-state index < -0.39 is 0 Å². The molecule has 2 aliphatic rings. The minimum Gasteiger partial charge on any atom is -0.493 e. The molecule has 0 bridgehead atoms. The van der Waals surface area contributed by atoms with Gasteiger partial charge in [-0.25, -0.2) is 0 Å². The lowest BCUT2D eigenvalue weighted by molar-refractivity contribution is -0.122. The number of nitrogens with one attached hydrogen (secondary N) is 2. The molecule has 1 amide bonds. The highest BCUT2D eigenvalue weighted by Crippen LogP contribution is 2.28. The molecule has 1 heterocycles. The molecule has 4 nitrogen and oxygen atoms in total. The van der Waals surface area contributed by atoms with Crippen LogP contribution >= 0.6 is 0 Å². The largest absolute Gasteiger partial charge is 0.493 e. The molecule has 4 heteroatoms. The van der Waals surface area contributed by atoms with Gasteiger partial charge in [-0.3, -0.25) is 4.79 Å². The Hall–Kier alpha value is -1.97. The molecule has 21 heavy (non-hydrogen) atoms. The van der Waals surface area contributed by atoms with Gasteiger partial charge in [0.2, 0.25) is 5.91 Å². The first-order chi connectivity index (χ1) is 10.1. The number of amides is 1. The van der Waals surface area contributed by atoms with Crippen LogP contribution < -0.4 is 25.8 Å². The summed E-state index contributed by atoms with van der Waals surface area (Å²) in [4.78, 5) is 11.8. The molecule has 2 N–H and O–H groups in total. The molecule has 0 spiro atoms. The Morgan fingerprint density at radius 3 is 2.90 bits per heavy atom. The minimum atomic E-state index is -0.118. The molecule has 1 saturated carbocycles. The summed E-state index contributed by atoms with van der Waals surface area (Å²) in [7, 11) is 0. The Morgan fingerprint density at radius 1 is 1.38 bits per heavy atom. The SMILES string of the molecule is CC(C)COc1ccc2c(c1)=CNC(NC(=O)C1CC1)C=2. The van der Waals surface area contributed by atoms with Gasteiger partial charge < -0.3 is 15.4 Å². The van der Waals surface area contributed by atoms with Gasteiger partial charge in [-0.05, 0) is 42.2 Å². The first kappa shape index (κ1) is 14.0. The zero-order chi connectivity index (χ0) is 14.8. The van der Waals surface area contributed by atoms with Crippen LogP contribution in [0.25, 0.3) is 12.3 Å². The molecule has 1 aromatic carbocycles. The van der Waals surface area contributed by atoms with E-state index in [1.807, 2.05) is 30.5 Å². The highest BCUT2D eigenvalue weighted by molar-refractivity contribution is 5.82. The Bertz CT molecular complexity index is 647. The molecule has 1 atom stereocenters. The van der Waals surface area contributed by atoms with Gasteiger partial charge in [-0.2, -0.15) is 0 Å². The highest BCUT2D eigenvalue weighted by Gasteiger charge is 2.30. The summed E-state index contributed by atoms with van der Waals surface area (Å²) in [6.45, 7) is 4.98. The second-order valence-electron chi connectivity index (χ2n) is 6.23. The average Bonchev–Trinajstić information content (AvgIpc) is 3.29. The van der Waals surface area contributed by atoms with Crippen molar-refractivity contribution in [3.8, 4) is 5.75 Å². The summed E-state index contributed by atoms with van der Waals surface area (Å²) in [6.07, 6.45) is 5.91. The monoisotopic (exact) mass is 286 g/mol. The van der Waals surface area contributed by atoms with Crippen LogP contribution in [0.15, 0.2) is 18.2 Å². The van der Waals surface area contributed by atoms with E-state index in [1.54, 1.807) is 0 Å². The number of hydrogen-bond acceptors (Lipinski definition) is 3. The summed E-state index contributed by atoms with van der Waals surface area (Å²) in [6, 6.07) is 6.05. The van der Waals surface area contributed by atoms with Crippen molar-refractivity contribution in [3.63, 3.8) is 0 Å². The molecular formula is C17H22N2O2. The first-order valence-corrected chi connectivity index (χ1v) is 7.63. The van der Waals surface area contributed by atoms with Crippen molar-refractivity contribution < 1.29 is 9.53 Å². The number of ether oxygens (including phenoxy) is 1. The van der Waals surface area contributed by atoms with Crippen LogP contribution in [-0.2, 0) is 4.79 Å². The van der Waals surface area contributed by atoms with Crippen LogP contribution in [0.5, 0.6) is 5.75 Å². The molecular weight excluding hydrogens is 264 g/mol. The van der Waals surface area contributed by atoms with E-state index in [2.05, 4.69) is 24.5 Å². The highest BCUT2D eigenvalue weighted by atomic mass is 16.5. The van der Waals surface area contributed by atoms with Gasteiger partial charge >= 0.3 is 0 Å². The Balaban J connectivity index is 1.71. The van der Waals surface area contributed by atoms with Crippen LogP contribution in [0.1, 0.15) is 26.7 Å². The van der Waals surface area contributed by atoms with Crippen LogP contribution in [-0.4, -0.2) is 18.7 Å². The molecule has 112 valence electrons. The maximum atomic E-state index is 11.8. The van der Waals surface area contributed by atoms with E-state index >= 15 is 0 Å². The fourth-order valence-electron chi connectivity index (χ4n) is 2.29. The second-order valence-corrected chi connectivity index (χ2v) is 6.23. The molecule has 1 unspecified atom stereocenters. The zero-order valence-corrected chi connectivity index (χ0v) is 12.6. The summed E-state index contributed by atoms with van der Waals surface area (Å²) in [5.41, 5.74) is 0. The Morgan fingerprint density at radius 2 is 2.19 bits per heavy atom. The summed E-state index contributed by atoms with van der Waals surface area (Å²) in [5.74, 6) is 1.77. The molecule has 0 saturated heterocycles. The lowest BCUT2D eigenvalue weighted by Gasteiger charge is -2.18. The van der Waals surface area contributed by atoms with Gasteiger partial charge in [0.1, 0.15) is 11.9 Å². The summed E-state index contributed by atoms with van der Waals surface area (Å²) in [5, 5.41) is 8.43. The molecule has 1 aliphatic carbocycles. The fraction of sp³-hybridized carbons (Fsp3) is 0.471. The number of benzene rings is 1. The zero-order valence-electron chi connectivity index (χ0n) is 12.6. The van der Waals surface area contributed by atoms with E-state index in [4.69, 9.17) is 4.74 Å². The van der Waals surface area contributed by atoms with E-state index in [9.17, 15) is 4.79 Å². The van der Waals surface area contributed by atoms with Crippen molar-refractivity contribution >= 4 is 18.2 Å². The predicted molar refractivity (Wildman–Crippen MR) is 82.7 cm³/mol. The molecule has 1 fully saturated rings. The maximum Gasteiger partial charge on any atom is 0.224 e. The third-order valence-electron chi connectivity index (χ3n) is 3.65. The van der Waals surface area contributed by atoms with E-state index in [0.29, 0.717) is 5.92 Å². The number of carbonyl (C=O) groups is 1. The van der Waals surface area contributed by atoms with Crippen molar-refractivity contribution in [2.45, 2.75) is 32.9 Å². The summed E-state index contributed by atoms with van der Waals surface area (Å²) < 4.78 is 5.73. The van der Waals surface area contributed by atoms with Crippen LogP contribution in [0.2, 0.25) is 0 Å². The van der Waals surface area contributed by atoms with Crippen molar-refractivity contribution in [1.82, 2.24) is 10.6 Å². The van der Waals surface area contributed by atoms with Crippen molar-refractivity contribution in [1.29, 1.82) is 0 Å². The third kappa shape index (κ3) is 3.57. The van der Waals surface area contributed by atoms with Crippen molar-refractivity contribution in [3.05, 3.63) is 28.6 Å². The minimum absolute atomic E-state index is 0.118. The lowest BCUT2D eigenvalue weighted by Crippen LogP contribution is -2.48. The van der Waals surface area contributed by atoms with Gasteiger partial charge in [-0.15, -0.1) is 0 Å². The van der Waals surface area contributed by atoms with Crippen LogP contribution in [0.4, 0.5) is 0 Å². The standard InChI is InChI=1S/C17H22N2O2/c1-11(2)10-21-15-6-5-13-8-16(18-9-14(13)7-15)19-17(20)12-3-4-12/h5-9,11-12,16,18H,3-4,10H2,1-2H3,(H,19,20). The quantitative estimate of drug-likeness (QED) is 0.837. The van der Waals surface area contributed by atoms with Gasteiger partial charge in [-0.1, -0.05) is 19.9 Å². The third-order valence-corrected chi connectivity index (χ3v) is 3.65. The Kier molecular flexibility index (Phi) is 3.86. The number of hydrogen-bond donors (Lipinski definition) is 2. The van der Waals surface area contributed by atoms with E-state index in [-0.39, 0.29) is 18.0 Å². The van der Waals surface area contributed by atoms with E-state index in [0.717, 1.165) is 35.6 Å². The first-order valence-electron chi connectivity index (χ1n) is 7.63. The fourth-order valence-corrected chi connectivity index (χ4v) is 2.29.